The Bertz CT molecular complexity index is 827. The topological polar surface area (TPSA) is 83.1 Å². The molecule has 0 unspecified atom stereocenters. The van der Waals surface area contributed by atoms with E-state index in [-0.39, 0.29) is 5.56 Å². The Balaban J connectivity index is 2.07. The van der Waals surface area contributed by atoms with Crippen molar-refractivity contribution >= 4 is 29.2 Å². The summed E-state index contributed by atoms with van der Waals surface area (Å²) in [6.07, 6.45) is 0. The SMILES string of the molecule is COc1cc(C(=O)OCC(=O)Nc2cccc(Cl)c2C)cc(OC)c1OC. The van der Waals surface area contributed by atoms with E-state index in [1.54, 1.807) is 25.1 Å². The number of ether oxygens (including phenoxy) is 4. The fourth-order valence-electron chi connectivity index (χ4n) is 2.34. The monoisotopic (exact) mass is 393 g/mol. The minimum absolute atomic E-state index is 0.163. The molecule has 2 aromatic carbocycles. The summed E-state index contributed by atoms with van der Waals surface area (Å²) in [5.74, 6) is -0.218. The third-order valence-corrected chi connectivity index (χ3v) is 4.19. The molecule has 0 heterocycles. The Morgan fingerprint density at radius 2 is 1.67 bits per heavy atom. The summed E-state index contributed by atoms with van der Waals surface area (Å²) in [5.41, 5.74) is 1.44. The smallest absolute Gasteiger partial charge is 0.338 e. The van der Waals surface area contributed by atoms with Crippen molar-refractivity contribution in [1.82, 2.24) is 0 Å². The minimum Gasteiger partial charge on any atom is -0.493 e. The minimum atomic E-state index is -0.702. The van der Waals surface area contributed by atoms with Crippen molar-refractivity contribution in [1.29, 1.82) is 0 Å². The molecule has 2 aromatic rings. The largest absolute Gasteiger partial charge is 0.493 e. The Morgan fingerprint density at radius 3 is 2.22 bits per heavy atom. The summed E-state index contributed by atoms with van der Waals surface area (Å²) in [6.45, 7) is 1.32. The van der Waals surface area contributed by atoms with Crippen LogP contribution in [0.3, 0.4) is 0 Å². The summed E-state index contributed by atoms with van der Waals surface area (Å²) in [4.78, 5) is 24.3. The number of halogens is 1. The number of carbonyl (C=O) groups excluding carboxylic acids is 2. The first-order chi connectivity index (χ1) is 12.9. The van der Waals surface area contributed by atoms with Gasteiger partial charge in [-0.3, -0.25) is 4.79 Å². The number of anilines is 1. The molecule has 0 radical (unpaired) electrons. The zero-order valence-electron chi connectivity index (χ0n) is 15.4. The van der Waals surface area contributed by atoms with Crippen molar-refractivity contribution in [3.63, 3.8) is 0 Å². The van der Waals surface area contributed by atoms with E-state index in [0.29, 0.717) is 28.0 Å². The van der Waals surface area contributed by atoms with Crippen LogP contribution in [0, 0.1) is 6.92 Å². The quantitative estimate of drug-likeness (QED) is 0.725. The highest BCUT2D eigenvalue weighted by molar-refractivity contribution is 6.31. The van der Waals surface area contributed by atoms with Gasteiger partial charge in [0.25, 0.3) is 5.91 Å². The Hall–Kier alpha value is -2.93. The molecule has 7 nitrogen and oxygen atoms in total. The van der Waals surface area contributed by atoms with Gasteiger partial charge in [0, 0.05) is 10.7 Å². The van der Waals surface area contributed by atoms with Gasteiger partial charge in [0.05, 0.1) is 26.9 Å². The summed E-state index contributed by atoms with van der Waals surface area (Å²) in [7, 11) is 4.33. The van der Waals surface area contributed by atoms with E-state index in [1.807, 2.05) is 0 Å². The van der Waals surface area contributed by atoms with Crippen molar-refractivity contribution < 1.29 is 28.5 Å². The number of carbonyl (C=O) groups is 2. The van der Waals surface area contributed by atoms with E-state index in [4.69, 9.17) is 30.5 Å². The first-order valence-corrected chi connectivity index (χ1v) is 8.31. The highest BCUT2D eigenvalue weighted by Gasteiger charge is 2.19. The van der Waals surface area contributed by atoms with Crippen LogP contribution in [0.4, 0.5) is 5.69 Å². The molecule has 0 spiro atoms. The van der Waals surface area contributed by atoms with Crippen LogP contribution in [0.1, 0.15) is 15.9 Å². The van der Waals surface area contributed by atoms with Gasteiger partial charge in [0.1, 0.15) is 0 Å². The fraction of sp³-hybridized carbons (Fsp3) is 0.263. The van der Waals surface area contributed by atoms with Crippen LogP contribution in [0.5, 0.6) is 17.2 Å². The lowest BCUT2D eigenvalue weighted by atomic mass is 10.2. The Kier molecular flexibility index (Phi) is 6.90. The molecule has 0 aromatic heterocycles. The Labute approximate surface area is 162 Å². The van der Waals surface area contributed by atoms with E-state index in [0.717, 1.165) is 5.56 Å². The molecule has 2 rings (SSSR count). The molecule has 0 atom stereocenters. The van der Waals surface area contributed by atoms with Gasteiger partial charge < -0.3 is 24.3 Å². The van der Waals surface area contributed by atoms with Crippen LogP contribution in [0.25, 0.3) is 0 Å². The number of esters is 1. The standard InChI is InChI=1S/C19H20ClNO6/c1-11-13(20)6-5-7-14(11)21-17(22)10-27-19(23)12-8-15(24-2)18(26-4)16(9-12)25-3/h5-9H,10H2,1-4H3,(H,21,22). The summed E-state index contributed by atoms with van der Waals surface area (Å²) in [6, 6.07) is 8.04. The van der Waals surface area contributed by atoms with Gasteiger partial charge in [-0.2, -0.15) is 0 Å². The van der Waals surface area contributed by atoms with Crippen LogP contribution >= 0.6 is 11.6 Å². The van der Waals surface area contributed by atoms with Crippen molar-refractivity contribution in [3.05, 3.63) is 46.5 Å². The highest BCUT2D eigenvalue weighted by Crippen LogP contribution is 2.38. The number of hydrogen-bond donors (Lipinski definition) is 1. The van der Waals surface area contributed by atoms with Gasteiger partial charge in [-0.15, -0.1) is 0 Å². The lowest BCUT2D eigenvalue weighted by Gasteiger charge is -2.14. The fourth-order valence-corrected chi connectivity index (χ4v) is 2.52. The van der Waals surface area contributed by atoms with Crippen molar-refractivity contribution in [2.24, 2.45) is 0 Å². The molecule has 0 aliphatic heterocycles. The van der Waals surface area contributed by atoms with Gasteiger partial charge >= 0.3 is 5.97 Å². The van der Waals surface area contributed by atoms with Crippen molar-refractivity contribution in [2.45, 2.75) is 6.92 Å². The van der Waals surface area contributed by atoms with Gasteiger partial charge in [-0.1, -0.05) is 17.7 Å². The highest BCUT2D eigenvalue weighted by atomic mass is 35.5. The number of rotatable bonds is 7. The van der Waals surface area contributed by atoms with E-state index in [9.17, 15) is 9.59 Å². The average molecular weight is 394 g/mol. The average Bonchev–Trinajstić information content (AvgIpc) is 2.68. The van der Waals surface area contributed by atoms with E-state index < -0.39 is 18.5 Å². The molecule has 0 fully saturated rings. The number of nitrogens with one attached hydrogen (secondary N) is 1. The molecule has 0 saturated carbocycles. The second-order valence-electron chi connectivity index (χ2n) is 5.45. The molecule has 0 bridgehead atoms. The van der Waals surface area contributed by atoms with Gasteiger partial charge in [-0.25, -0.2) is 4.79 Å². The molecule has 1 amide bonds. The van der Waals surface area contributed by atoms with E-state index >= 15 is 0 Å². The number of amides is 1. The predicted molar refractivity (Wildman–Crippen MR) is 101 cm³/mol. The van der Waals surface area contributed by atoms with Gasteiger partial charge in [0.15, 0.2) is 18.1 Å². The lowest BCUT2D eigenvalue weighted by molar-refractivity contribution is -0.119. The molecular weight excluding hydrogens is 374 g/mol. The first kappa shape index (κ1) is 20.4. The molecule has 8 heteroatoms. The summed E-state index contributed by atoms with van der Waals surface area (Å²) >= 11 is 6.02. The molecule has 27 heavy (non-hydrogen) atoms. The third-order valence-electron chi connectivity index (χ3n) is 3.78. The van der Waals surface area contributed by atoms with Crippen LogP contribution in [0.2, 0.25) is 5.02 Å². The molecule has 0 saturated heterocycles. The van der Waals surface area contributed by atoms with E-state index in [2.05, 4.69) is 5.32 Å². The van der Waals surface area contributed by atoms with Crippen molar-refractivity contribution in [2.75, 3.05) is 33.3 Å². The Morgan fingerprint density at radius 1 is 1.04 bits per heavy atom. The van der Waals surface area contributed by atoms with Crippen LogP contribution in [-0.4, -0.2) is 39.8 Å². The molecule has 144 valence electrons. The van der Waals surface area contributed by atoms with E-state index in [1.165, 1.54) is 33.5 Å². The van der Waals surface area contributed by atoms with Gasteiger partial charge in [-0.05, 0) is 36.8 Å². The second-order valence-corrected chi connectivity index (χ2v) is 5.86. The maximum Gasteiger partial charge on any atom is 0.338 e. The lowest BCUT2D eigenvalue weighted by Crippen LogP contribution is -2.21. The number of hydrogen-bond acceptors (Lipinski definition) is 6. The number of benzene rings is 2. The maximum absolute atomic E-state index is 12.3. The zero-order chi connectivity index (χ0) is 20.0. The van der Waals surface area contributed by atoms with Crippen LogP contribution in [0.15, 0.2) is 30.3 Å². The molecule has 1 N–H and O–H groups in total. The van der Waals surface area contributed by atoms with Crippen LogP contribution < -0.4 is 19.5 Å². The van der Waals surface area contributed by atoms with Gasteiger partial charge in [0.2, 0.25) is 5.75 Å². The van der Waals surface area contributed by atoms with Crippen molar-refractivity contribution in [3.8, 4) is 17.2 Å². The third kappa shape index (κ3) is 4.83. The normalized spacial score (nSPS) is 10.1. The molecule has 0 aliphatic rings. The van der Waals surface area contributed by atoms with Crippen LogP contribution in [-0.2, 0) is 9.53 Å². The summed E-state index contributed by atoms with van der Waals surface area (Å²) < 4.78 is 20.7. The first-order valence-electron chi connectivity index (χ1n) is 7.93. The molecule has 0 aliphatic carbocycles. The predicted octanol–water partition coefficient (Wildman–Crippen LogP) is 3.47. The summed E-state index contributed by atoms with van der Waals surface area (Å²) in [5, 5.41) is 3.18. The second kappa shape index (κ2) is 9.14. The zero-order valence-corrected chi connectivity index (χ0v) is 16.2. The maximum atomic E-state index is 12.3. The molecular formula is C19H20ClNO6. The number of methoxy groups -OCH3 is 3.